The summed E-state index contributed by atoms with van der Waals surface area (Å²) in [6, 6.07) is 0. The number of nitrogens with zero attached hydrogens (tertiary/aromatic N) is 3. The van der Waals surface area contributed by atoms with E-state index in [2.05, 4.69) is 9.97 Å². The van der Waals surface area contributed by atoms with E-state index in [1.54, 1.807) is 18.0 Å². The van der Waals surface area contributed by atoms with Crippen molar-refractivity contribution in [3.63, 3.8) is 0 Å². The quantitative estimate of drug-likeness (QED) is 0.848. The number of thiophene rings is 1. The Balaban J connectivity index is 2.52. The summed E-state index contributed by atoms with van der Waals surface area (Å²) >= 11 is 1.23. The van der Waals surface area contributed by atoms with Crippen molar-refractivity contribution in [2.24, 2.45) is 0 Å². The second-order valence-corrected chi connectivity index (χ2v) is 4.85. The lowest BCUT2D eigenvalue weighted by atomic mass is 10.3. The number of carbonyl (C=O) groups excluding carboxylic acids is 1. The van der Waals surface area contributed by atoms with Crippen molar-refractivity contribution in [1.29, 1.82) is 0 Å². The van der Waals surface area contributed by atoms with Crippen LogP contribution in [0.25, 0.3) is 10.2 Å². The molecule has 7 heteroatoms. The third-order valence-corrected chi connectivity index (χ3v) is 3.43. The zero-order valence-electron chi connectivity index (χ0n) is 10.4. The second-order valence-electron chi connectivity index (χ2n) is 3.85. The van der Waals surface area contributed by atoms with Crippen molar-refractivity contribution >= 4 is 39.2 Å². The van der Waals surface area contributed by atoms with Crippen molar-refractivity contribution < 1.29 is 9.53 Å². The largest absolute Gasteiger partial charge is 0.462 e. The van der Waals surface area contributed by atoms with Gasteiger partial charge in [0.15, 0.2) is 0 Å². The summed E-state index contributed by atoms with van der Waals surface area (Å²) in [6.45, 7) is 2.08. The number of rotatable bonds is 3. The number of nitrogen functional groups attached to an aromatic ring is 1. The van der Waals surface area contributed by atoms with E-state index in [1.165, 1.54) is 11.3 Å². The first-order chi connectivity index (χ1) is 8.54. The van der Waals surface area contributed by atoms with Gasteiger partial charge in [-0.15, -0.1) is 11.3 Å². The highest BCUT2D eigenvalue weighted by Crippen LogP contribution is 2.33. The maximum absolute atomic E-state index is 11.7. The number of hydrogen-bond acceptors (Lipinski definition) is 7. The Morgan fingerprint density at radius 1 is 1.56 bits per heavy atom. The molecule has 2 heterocycles. The maximum Gasteiger partial charge on any atom is 0.350 e. The number of fused-ring (bicyclic) bond motifs is 1. The Morgan fingerprint density at radius 3 is 2.89 bits per heavy atom. The molecule has 0 unspecified atom stereocenters. The molecule has 0 saturated heterocycles. The van der Waals surface area contributed by atoms with Crippen LogP contribution in [0.5, 0.6) is 0 Å². The van der Waals surface area contributed by atoms with Gasteiger partial charge in [0.25, 0.3) is 0 Å². The van der Waals surface area contributed by atoms with Gasteiger partial charge in [-0.3, -0.25) is 0 Å². The van der Waals surface area contributed by atoms with E-state index < -0.39 is 5.97 Å². The fourth-order valence-corrected chi connectivity index (χ4v) is 2.41. The molecule has 18 heavy (non-hydrogen) atoms. The molecule has 6 nitrogen and oxygen atoms in total. The second kappa shape index (κ2) is 4.77. The number of hydrogen-bond donors (Lipinski definition) is 1. The molecule has 0 spiro atoms. The third kappa shape index (κ3) is 2.08. The zero-order valence-corrected chi connectivity index (χ0v) is 11.2. The number of esters is 1. The van der Waals surface area contributed by atoms with Crippen LogP contribution in [0.4, 0.5) is 11.6 Å². The van der Waals surface area contributed by atoms with Gasteiger partial charge < -0.3 is 15.4 Å². The predicted octanol–water partition coefficient (Wildman–Crippen LogP) is 1.52. The average molecular weight is 266 g/mol. The molecule has 2 aromatic heterocycles. The molecule has 0 saturated carbocycles. The standard InChI is InChI=1S/C11H14N4O2S/c1-4-17-10(16)8-7(12)6-5-13-11(15(2)3)14-9(6)18-8/h5H,4,12H2,1-3H3. The molecule has 0 aromatic carbocycles. The lowest BCUT2D eigenvalue weighted by Crippen LogP contribution is -2.12. The highest BCUT2D eigenvalue weighted by Gasteiger charge is 2.19. The van der Waals surface area contributed by atoms with Crippen LogP contribution in [0.3, 0.4) is 0 Å². The van der Waals surface area contributed by atoms with Crippen LogP contribution in [0.15, 0.2) is 6.20 Å². The highest BCUT2D eigenvalue weighted by atomic mass is 32.1. The molecule has 2 rings (SSSR count). The van der Waals surface area contributed by atoms with E-state index in [0.717, 1.165) is 0 Å². The van der Waals surface area contributed by atoms with Crippen LogP contribution in [0.1, 0.15) is 16.6 Å². The molecular weight excluding hydrogens is 252 g/mol. The lowest BCUT2D eigenvalue weighted by molar-refractivity contribution is 0.0533. The van der Waals surface area contributed by atoms with Gasteiger partial charge in [-0.1, -0.05) is 0 Å². The minimum Gasteiger partial charge on any atom is -0.462 e. The van der Waals surface area contributed by atoms with Crippen LogP contribution in [0, 0.1) is 0 Å². The van der Waals surface area contributed by atoms with Crippen molar-refractivity contribution in [3.05, 3.63) is 11.1 Å². The zero-order chi connectivity index (χ0) is 13.3. The Hall–Kier alpha value is -1.89. The van der Waals surface area contributed by atoms with Gasteiger partial charge in [0.1, 0.15) is 9.71 Å². The summed E-state index contributed by atoms with van der Waals surface area (Å²) in [5.41, 5.74) is 6.30. The van der Waals surface area contributed by atoms with Gasteiger partial charge in [0.2, 0.25) is 5.95 Å². The molecule has 0 radical (unpaired) electrons. The Bertz CT molecular complexity index is 594. The van der Waals surface area contributed by atoms with E-state index >= 15 is 0 Å². The van der Waals surface area contributed by atoms with Crippen LogP contribution in [0.2, 0.25) is 0 Å². The Morgan fingerprint density at radius 2 is 2.28 bits per heavy atom. The topological polar surface area (TPSA) is 81.3 Å². The van der Waals surface area contributed by atoms with Gasteiger partial charge in [0, 0.05) is 20.3 Å². The smallest absolute Gasteiger partial charge is 0.350 e. The molecule has 2 aromatic rings. The highest BCUT2D eigenvalue weighted by molar-refractivity contribution is 7.21. The summed E-state index contributed by atoms with van der Waals surface area (Å²) in [4.78, 5) is 23.1. The fraction of sp³-hybridized carbons (Fsp3) is 0.364. The molecule has 0 aliphatic carbocycles. The van der Waals surface area contributed by atoms with Gasteiger partial charge >= 0.3 is 5.97 Å². The van der Waals surface area contributed by atoms with Gasteiger partial charge in [0.05, 0.1) is 17.7 Å². The van der Waals surface area contributed by atoms with E-state index in [1.807, 2.05) is 14.1 Å². The molecular formula is C11H14N4O2S. The number of anilines is 2. The van der Waals surface area contributed by atoms with Crippen LogP contribution < -0.4 is 10.6 Å². The van der Waals surface area contributed by atoms with E-state index in [-0.39, 0.29) is 0 Å². The Kier molecular flexibility index (Phi) is 3.33. The average Bonchev–Trinajstić information content (AvgIpc) is 2.66. The normalized spacial score (nSPS) is 10.6. The molecule has 0 aliphatic rings. The van der Waals surface area contributed by atoms with Crippen LogP contribution in [-0.4, -0.2) is 36.6 Å². The van der Waals surface area contributed by atoms with Crippen molar-refractivity contribution in [2.75, 3.05) is 31.3 Å². The molecule has 0 atom stereocenters. The predicted molar refractivity (Wildman–Crippen MR) is 72.1 cm³/mol. The fourth-order valence-electron chi connectivity index (χ4n) is 1.46. The van der Waals surface area contributed by atoms with Gasteiger partial charge in [-0.2, -0.15) is 0 Å². The third-order valence-electron chi connectivity index (χ3n) is 2.34. The van der Waals surface area contributed by atoms with Crippen LogP contribution in [-0.2, 0) is 4.74 Å². The molecule has 2 N–H and O–H groups in total. The first kappa shape index (κ1) is 12.6. The van der Waals surface area contributed by atoms with Crippen molar-refractivity contribution in [2.45, 2.75) is 6.92 Å². The lowest BCUT2D eigenvalue weighted by Gasteiger charge is -2.08. The number of carbonyl (C=O) groups is 1. The summed E-state index contributed by atoms with van der Waals surface area (Å²) in [7, 11) is 3.70. The Labute approximate surface area is 108 Å². The van der Waals surface area contributed by atoms with E-state index in [0.29, 0.717) is 33.3 Å². The molecule has 0 aliphatic heterocycles. The van der Waals surface area contributed by atoms with Crippen LogP contribution >= 0.6 is 11.3 Å². The summed E-state index contributed by atoms with van der Waals surface area (Å²) in [5, 5.41) is 0.689. The van der Waals surface area contributed by atoms with Crippen molar-refractivity contribution in [3.8, 4) is 0 Å². The van der Waals surface area contributed by atoms with Gasteiger partial charge in [-0.05, 0) is 6.92 Å². The summed E-state index contributed by atoms with van der Waals surface area (Å²) in [5.74, 6) is 0.170. The molecule has 96 valence electrons. The first-order valence-electron chi connectivity index (χ1n) is 5.44. The monoisotopic (exact) mass is 266 g/mol. The maximum atomic E-state index is 11.7. The number of ether oxygens (including phenoxy) is 1. The SMILES string of the molecule is CCOC(=O)c1sc2nc(N(C)C)ncc2c1N. The minimum atomic E-state index is -0.413. The van der Waals surface area contributed by atoms with Gasteiger partial charge in [-0.25, -0.2) is 14.8 Å². The minimum absolute atomic E-state index is 0.321. The molecule has 0 bridgehead atoms. The number of nitrogens with two attached hydrogens (primary N) is 1. The first-order valence-corrected chi connectivity index (χ1v) is 6.25. The summed E-state index contributed by atoms with van der Waals surface area (Å²) < 4.78 is 4.95. The molecule has 0 fully saturated rings. The van der Waals surface area contributed by atoms with E-state index in [9.17, 15) is 4.79 Å². The summed E-state index contributed by atoms with van der Waals surface area (Å²) in [6.07, 6.45) is 1.63. The van der Waals surface area contributed by atoms with E-state index in [4.69, 9.17) is 10.5 Å². The van der Waals surface area contributed by atoms with Crippen molar-refractivity contribution in [1.82, 2.24) is 9.97 Å². The molecule has 0 amide bonds. The number of aromatic nitrogens is 2.